The highest BCUT2D eigenvalue weighted by Crippen LogP contribution is 2.22. The van der Waals surface area contributed by atoms with Crippen LogP contribution in [0.4, 0.5) is 13.2 Å². The highest BCUT2D eigenvalue weighted by atomic mass is 19.4. The van der Waals surface area contributed by atoms with Gasteiger partial charge < -0.3 is 5.32 Å². The topological polar surface area (TPSA) is 12.0 Å². The predicted molar refractivity (Wildman–Crippen MR) is 76.8 cm³/mol. The first kappa shape index (κ1) is 17.0. The second kappa shape index (κ2) is 7.67. The molecule has 0 bridgehead atoms. The minimum atomic E-state index is -4.04. The molecular formula is C16H24F3N. The van der Waals surface area contributed by atoms with Crippen LogP contribution in [-0.2, 0) is 6.42 Å². The summed E-state index contributed by atoms with van der Waals surface area (Å²) in [6.45, 7) is 6.10. The van der Waals surface area contributed by atoms with Gasteiger partial charge in [-0.1, -0.05) is 24.3 Å². The summed E-state index contributed by atoms with van der Waals surface area (Å²) in [4.78, 5) is 0. The summed E-state index contributed by atoms with van der Waals surface area (Å²) in [6.07, 6.45) is -3.08. The number of nitrogens with one attached hydrogen (secondary N) is 1. The standard InChI is InChI=1S/C16H24F3N/c1-12-7-4-5-9-15(12)11-14(3)20-13(2)8-6-10-16(17,18)19/h4-5,7,9,13-14,20H,6,8,10-11H2,1-3H3. The van der Waals surface area contributed by atoms with Gasteiger partial charge in [0.2, 0.25) is 0 Å². The Kier molecular flexibility index (Phi) is 6.53. The summed E-state index contributed by atoms with van der Waals surface area (Å²) in [5.41, 5.74) is 2.54. The Balaban J connectivity index is 2.31. The van der Waals surface area contributed by atoms with Crippen molar-refractivity contribution in [3.8, 4) is 0 Å². The molecule has 4 heteroatoms. The van der Waals surface area contributed by atoms with Crippen LogP contribution in [-0.4, -0.2) is 18.3 Å². The van der Waals surface area contributed by atoms with Crippen LogP contribution in [0.5, 0.6) is 0 Å². The quantitative estimate of drug-likeness (QED) is 0.770. The van der Waals surface area contributed by atoms with Crippen molar-refractivity contribution >= 4 is 0 Å². The molecule has 2 unspecified atom stereocenters. The van der Waals surface area contributed by atoms with Gasteiger partial charge in [-0.2, -0.15) is 13.2 Å². The third-order valence-corrected chi connectivity index (χ3v) is 3.45. The van der Waals surface area contributed by atoms with Crippen LogP contribution in [0, 0.1) is 6.92 Å². The lowest BCUT2D eigenvalue weighted by Crippen LogP contribution is -2.36. The lowest BCUT2D eigenvalue weighted by molar-refractivity contribution is -0.135. The molecule has 0 aliphatic rings. The van der Waals surface area contributed by atoms with Crippen molar-refractivity contribution in [2.24, 2.45) is 0 Å². The van der Waals surface area contributed by atoms with Crippen molar-refractivity contribution in [1.29, 1.82) is 0 Å². The van der Waals surface area contributed by atoms with E-state index in [-0.39, 0.29) is 18.5 Å². The van der Waals surface area contributed by atoms with Crippen molar-refractivity contribution in [3.63, 3.8) is 0 Å². The van der Waals surface area contributed by atoms with E-state index in [4.69, 9.17) is 0 Å². The number of halogens is 3. The molecule has 0 amide bonds. The zero-order valence-corrected chi connectivity index (χ0v) is 12.4. The van der Waals surface area contributed by atoms with Crippen LogP contribution in [0.2, 0.25) is 0 Å². The number of alkyl halides is 3. The van der Waals surface area contributed by atoms with Gasteiger partial charge in [-0.25, -0.2) is 0 Å². The minimum Gasteiger partial charge on any atom is -0.311 e. The number of rotatable bonds is 7. The smallest absolute Gasteiger partial charge is 0.311 e. The molecule has 0 saturated carbocycles. The van der Waals surface area contributed by atoms with E-state index in [1.807, 2.05) is 19.1 Å². The Labute approximate surface area is 119 Å². The van der Waals surface area contributed by atoms with Crippen molar-refractivity contribution in [1.82, 2.24) is 5.32 Å². The molecule has 1 nitrogen and oxygen atoms in total. The molecule has 0 saturated heterocycles. The van der Waals surface area contributed by atoms with Gasteiger partial charge in [0.25, 0.3) is 0 Å². The Bertz CT molecular complexity index is 401. The van der Waals surface area contributed by atoms with Gasteiger partial charge in [0.1, 0.15) is 0 Å². The van der Waals surface area contributed by atoms with Gasteiger partial charge in [0.05, 0.1) is 0 Å². The normalized spacial score (nSPS) is 15.1. The van der Waals surface area contributed by atoms with Crippen molar-refractivity contribution in [2.75, 3.05) is 0 Å². The molecule has 20 heavy (non-hydrogen) atoms. The Morgan fingerprint density at radius 3 is 2.35 bits per heavy atom. The largest absolute Gasteiger partial charge is 0.389 e. The monoisotopic (exact) mass is 287 g/mol. The first-order valence-corrected chi connectivity index (χ1v) is 7.15. The van der Waals surface area contributed by atoms with E-state index in [1.54, 1.807) is 0 Å². The maximum atomic E-state index is 12.1. The SMILES string of the molecule is Cc1ccccc1CC(C)NC(C)CCCC(F)(F)F. The maximum Gasteiger partial charge on any atom is 0.389 e. The molecule has 0 radical (unpaired) electrons. The summed E-state index contributed by atoms with van der Waals surface area (Å²) >= 11 is 0. The van der Waals surface area contributed by atoms with Crippen molar-refractivity contribution < 1.29 is 13.2 Å². The van der Waals surface area contributed by atoms with Gasteiger partial charge in [0, 0.05) is 18.5 Å². The summed E-state index contributed by atoms with van der Waals surface area (Å²) < 4.78 is 36.2. The highest BCUT2D eigenvalue weighted by Gasteiger charge is 2.26. The zero-order chi connectivity index (χ0) is 15.2. The second-order valence-electron chi connectivity index (χ2n) is 5.61. The van der Waals surface area contributed by atoms with Crippen molar-refractivity contribution in [3.05, 3.63) is 35.4 Å². The van der Waals surface area contributed by atoms with Crippen LogP contribution in [0.25, 0.3) is 0 Å². The van der Waals surface area contributed by atoms with Crippen molar-refractivity contribution in [2.45, 2.75) is 64.7 Å². The lowest BCUT2D eigenvalue weighted by atomic mass is 10.0. The van der Waals surface area contributed by atoms with E-state index < -0.39 is 12.6 Å². The van der Waals surface area contributed by atoms with E-state index in [2.05, 4.69) is 31.3 Å². The zero-order valence-electron chi connectivity index (χ0n) is 12.4. The second-order valence-corrected chi connectivity index (χ2v) is 5.61. The van der Waals surface area contributed by atoms with Gasteiger partial charge >= 0.3 is 6.18 Å². The summed E-state index contributed by atoms with van der Waals surface area (Å²) in [5.74, 6) is 0. The number of hydrogen-bond acceptors (Lipinski definition) is 1. The van der Waals surface area contributed by atoms with E-state index in [0.717, 1.165) is 6.42 Å². The number of aryl methyl sites for hydroxylation is 1. The molecule has 1 aromatic carbocycles. The first-order chi connectivity index (χ1) is 9.28. The third kappa shape index (κ3) is 6.94. The predicted octanol–water partition coefficient (Wildman–Crippen LogP) is 4.64. The van der Waals surface area contributed by atoms with Gasteiger partial charge in [-0.15, -0.1) is 0 Å². The van der Waals surface area contributed by atoms with Crippen LogP contribution in [0.3, 0.4) is 0 Å². The lowest BCUT2D eigenvalue weighted by Gasteiger charge is -2.21. The molecule has 0 aromatic heterocycles. The van der Waals surface area contributed by atoms with E-state index >= 15 is 0 Å². The average Bonchev–Trinajstić information content (AvgIpc) is 2.30. The summed E-state index contributed by atoms with van der Waals surface area (Å²) in [7, 11) is 0. The molecule has 0 aliphatic carbocycles. The van der Waals surface area contributed by atoms with Crippen LogP contribution in [0.1, 0.15) is 44.2 Å². The molecule has 1 rings (SSSR count). The number of hydrogen-bond donors (Lipinski definition) is 1. The molecule has 0 spiro atoms. The fourth-order valence-corrected chi connectivity index (χ4v) is 2.41. The molecule has 0 fully saturated rings. The summed E-state index contributed by atoms with van der Waals surface area (Å²) in [6, 6.07) is 8.57. The molecular weight excluding hydrogens is 263 g/mol. The molecule has 1 N–H and O–H groups in total. The molecule has 0 heterocycles. The van der Waals surface area contributed by atoms with Crippen LogP contribution >= 0.6 is 0 Å². The fourth-order valence-electron chi connectivity index (χ4n) is 2.41. The Morgan fingerprint density at radius 1 is 1.10 bits per heavy atom. The molecule has 114 valence electrons. The average molecular weight is 287 g/mol. The first-order valence-electron chi connectivity index (χ1n) is 7.15. The van der Waals surface area contributed by atoms with E-state index in [1.165, 1.54) is 11.1 Å². The maximum absolute atomic E-state index is 12.1. The number of benzene rings is 1. The van der Waals surface area contributed by atoms with Crippen LogP contribution in [0.15, 0.2) is 24.3 Å². The van der Waals surface area contributed by atoms with Gasteiger partial charge in [0.15, 0.2) is 0 Å². The fraction of sp³-hybridized carbons (Fsp3) is 0.625. The molecule has 2 atom stereocenters. The Morgan fingerprint density at radius 2 is 1.75 bits per heavy atom. The minimum absolute atomic E-state index is 0.108. The highest BCUT2D eigenvalue weighted by molar-refractivity contribution is 5.26. The molecule has 1 aromatic rings. The summed E-state index contributed by atoms with van der Waals surface area (Å²) in [5, 5.41) is 3.37. The molecule has 0 aliphatic heterocycles. The van der Waals surface area contributed by atoms with Crippen LogP contribution < -0.4 is 5.32 Å². The van der Waals surface area contributed by atoms with E-state index in [0.29, 0.717) is 6.42 Å². The van der Waals surface area contributed by atoms with E-state index in [9.17, 15) is 13.2 Å². The van der Waals surface area contributed by atoms with Gasteiger partial charge in [-0.05, 0) is 51.2 Å². The Hall–Kier alpha value is -1.03. The third-order valence-electron chi connectivity index (χ3n) is 3.45. The van der Waals surface area contributed by atoms with Gasteiger partial charge in [-0.3, -0.25) is 0 Å².